The Balaban J connectivity index is 1.42. The number of aromatic nitrogens is 2. The summed E-state index contributed by atoms with van der Waals surface area (Å²) in [6, 6.07) is 4.74. The lowest BCUT2D eigenvalue weighted by molar-refractivity contribution is 0.0628. The van der Waals surface area contributed by atoms with Crippen LogP contribution in [0, 0.1) is 6.92 Å². The zero-order valence-corrected chi connectivity index (χ0v) is 14.5. The number of amides is 2. The van der Waals surface area contributed by atoms with Crippen LogP contribution in [0.15, 0.2) is 33.7 Å². The van der Waals surface area contributed by atoms with Gasteiger partial charge in [0.15, 0.2) is 5.69 Å². The van der Waals surface area contributed by atoms with Gasteiger partial charge in [-0.3, -0.25) is 19.3 Å². The van der Waals surface area contributed by atoms with Crippen LogP contribution in [-0.2, 0) is 0 Å². The van der Waals surface area contributed by atoms with Crippen LogP contribution in [0.5, 0.6) is 0 Å². The van der Waals surface area contributed by atoms with E-state index in [1.807, 2.05) is 0 Å². The summed E-state index contributed by atoms with van der Waals surface area (Å²) in [5.74, 6) is 0.0974. The molecule has 1 saturated heterocycles. The Kier molecular flexibility index (Phi) is 5.47. The number of carbonyl (C=O) groups is 2. The third-order valence-corrected chi connectivity index (χ3v) is 4.28. The van der Waals surface area contributed by atoms with Crippen molar-refractivity contribution < 1.29 is 14.1 Å². The van der Waals surface area contributed by atoms with Crippen molar-refractivity contribution in [2.45, 2.75) is 6.92 Å². The van der Waals surface area contributed by atoms with Crippen molar-refractivity contribution in [3.05, 3.63) is 51.8 Å². The van der Waals surface area contributed by atoms with E-state index in [0.717, 1.165) is 0 Å². The van der Waals surface area contributed by atoms with E-state index in [-0.39, 0.29) is 17.4 Å². The molecule has 9 nitrogen and oxygen atoms in total. The molecule has 0 aromatic carbocycles. The topological polar surface area (TPSA) is 112 Å². The number of nitrogens with zero attached hydrogens (tertiary/aromatic N) is 3. The molecule has 2 aromatic heterocycles. The van der Waals surface area contributed by atoms with Crippen LogP contribution < -0.4 is 10.9 Å². The van der Waals surface area contributed by atoms with E-state index in [0.29, 0.717) is 50.7 Å². The van der Waals surface area contributed by atoms with Crippen LogP contribution in [-0.4, -0.2) is 71.0 Å². The molecule has 2 amide bonds. The molecule has 1 fully saturated rings. The summed E-state index contributed by atoms with van der Waals surface area (Å²) < 4.78 is 4.95. The third-order valence-electron chi connectivity index (χ3n) is 4.28. The van der Waals surface area contributed by atoms with Crippen molar-refractivity contribution in [1.29, 1.82) is 0 Å². The largest absolute Gasteiger partial charge is 0.361 e. The Morgan fingerprint density at radius 1 is 1.31 bits per heavy atom. The van der Waals surface area contributed by atoms with Crippen molar-refractivity contribution in [3.63, 3.8) is 0 Å². The maximum atomic E-state index is 12.3. The van der Waals surface area contributed by atoms with Gasteiger partial charge < -0.3 is 19.7 Å². The van der Waals surface area contributed by atoms with Gasteiger partial charge in [0.25, 0.3) is 17.4 Å². The Bertz CT molecular complexity index is 835. The van der Waals surface area contributed by atoms with Gasteiger partial charge in [-0.1, -0.05) is 5.16 Å². The van der Waals surface area contributed by atoms with E-state index in [1.165, 1.54) is 12.3 Å². The number of nitrogens with one attached hydrogen (secondary N) is 2. The number of aryl methyl sites for hydroxylation is 1. The van der Waals surface area contributed by atoms with Gasteiger partial charge in [0.2, 0.25) is 0 Å². The molecule has 0 saturated carbocycles. The first-order chi connectivity index (χ1) is 12.5. The van der Waals surface area contributed by atoms with E-state index >= 15 is 0 Å². The van der Waals surface area contributed by atoms with Crippen molar-refractivity contribution >= 4 is 11.8 Å². The zero-order valence-electron chi connectivity index (χ0n) is 14.5. The van der Waals surface area contributed by atoms with E-state index in [1.54, 1.807) is 24.0 Å². The summed E-state index contributed by atoms with van der Waals surface area (Å²) >= 11 is 0. The standard InChI is InChI=1S/C17H21N5O4/c1-12-11-14(20-26-12)17(25)22-9-7-21(8-10-22)6-5-19-16(24)13-3-2-4-18-15(13)23/h2-4,11H,5-10H2,1H3,(H,18,23)(H,19,24). The van der Waals surface area contributed by atoms with Gasteiger partial charge in [-0.25, -0.2) is 0 Å². The highest BCUT2D eigenvalue weighted by molar-refractivity contribution is 5.93. The number of piperazine rings is 1. The van der Waals surface area contributed by atoms with Crippen molar-refractivity contribution in [2.24, 2.45) is 0 Å². The molecule has 1 aliphatic heterocycles. The SMILES string of the molecule is Cc1cc(C(=O)N2CCN(CCNC(=O)c3ccc[nH]c3=O)CC2)no1. The number of rotatable bonds is 5. The highest BCUT2D eigenvalue weighted by Crippen LogP contribution is 2.09. The lowest BCUT2D eigenvalue weighted by Crippen LogP contribution is -2.50. The molecule has 26 heavy (non-hydrogen) atoms. The summed E-state index contributed by atoms with van der Waals surface area (Å²) in [5.41, 5.74) is 0.0299. The molecule has 3 heterocycles. The van der Waals surface area contributed by atoms with Crippen LogP contribution in [0.4, 0.5) is 0 Å². The van der Waals surface area contributed by atoms with Crippen LogP contribution in [0.1, 0.15) is 26.6 Å². The molecule has 0 unspecified atom stereocenters. The first-order valence-corrected chi connectivity index (χ1v) is 8.45. The molecule has 0 bridgehead atoms. The molecule has 0 aliphatic carbocycles. The first kappa shape index (κ1) is 17.9. The molecule has 2 N–H and O–H groups in total. The second kappa shape index (κ2) is 7.96. The second-order valence-corrected chi connectivity index (χ2v) is 6.13. The van der Waals surface area contributed by atoms with Gasteiger partial charge in [-0.15, -0.1) is 0 Å². The number of carbonyl (C=O) groups excluding carboxylic acids is 2. The molecule has 0 atom stereocenters. The smallest absolute Gasteiger partial charge is 0.276 e. The Morgan fingerprint density at radius 3 is 2.73 bits per heavy atom. The number of aromatic amines is 1. The van der Waals surface area contributed by atoms with Gasteiger partial charge in [-0.2, -0.15) is 0 Å². The molecular formula is C17H21N5O4. The van der Waals surface area contributed by atoms with E-state index in [2.05, 4.69) is 20.4 Å². The zero-order chi connectivity index (χ0) is 18.5. The molecule has 2 aromatic rings. The van der Waals surface area contributed by atoms with Gasteiger partial charge >= 0.3 is 0 Å². The molecular weight excluding hydrogens is 338 g/mol. The van der Waals surface area contributed by atoms with Gasteiger partial charge in [0.05, 0.1) is 0 Å². The van der Waals surface area contributed by atoms with Crippen molar-refractivity contribution in [3.8, 4) is 0 Å². The fraction of sp³-hybridized carbons (Fsp3) is 0.412. The highest BCUT2D eigenvalue weighted by atomic mass is 16.5. The predicted octanol–water partition coefficient (Wildman–Crippen LogP) is -0.141. The first-order valence-electron chi connectivity index (χ1n) is 8.45. The number of pyridine rings is 1. The summed E-state index contributed by atoms with van der Waals surface area (Å²) in [6.07, 6.45) is 1.49. The summed E-state index contributed by atoms with van der Waals surface area (Å²) in [6.45, 7) is 5.45. The quantitative estimate of drug-likeness (QED) is 0.769. The van der Waals surface area contributed by atoms with Crippen LogP contribution in [0.2, 0.25) is 0 Å². The summed E-state index contributed by atoms with van der Waals surface area (Å²) in [7, 11) is 0. The van der Waals surface area contributed by atoms with Crippen LogP contribution >= 0.6 is 0 Å². The minimum absolute atomic E-state index is 0.103. The third kappa shape index (κ3) is 4.17. The molecule has 0 radical (unpaired) electrons. The summed E-state index contributed by atoms with van der Waals surface area (Å²) in [5, 5.41) is 6.51. The maximum absolute atomic E-state index is 12.3. The second-order valence-electron chi connectivity index (χ2n) is 6.13. The fourth-order valence-electron chi connectivity index (χ4n) is 2.83. The Labute approximate surface area is 150 Å². The van der Waals surface area contributed by atoms with Gasteiger partial charge in [0, 0.05) is 51.5 Å². The minimum Gasteiger partial charge on any atom is -0.361 e. The van der Waals surface area contributed by atoms with E-state index in [4.69, 9.17) is 4.52 Å². The number of H-pyrrole nitrogens is 1. The lowest BCUT2D eigenvalue weighted by atomic mass is 10.2. The lowest BCUT2D eigenvalue weighted by Gasteiger charge is -2.34. The van der Waals surface area contributed by atoms with Crippen LogP contribution in [0.3, 0.4) is 0 Å². The number of hydrogen-bond acceptors (Lipinski definition) is 6. The van der Waals surface area contributed by atoms with Gasteiger partial charge in [0.1, 0.15) is 11.3 Å². The normalized spacial score (nSPS) is 15.0. The number of hydrogen-bond donors (Lipinski definition) is 2. The maximum Gasteiger partial charge on any atom is 0.276 e. The molecule has 9 heteroatoms. The molecule has 138 valence electrons. The molecule has 3 rings (SSSR count). The Morgan fingerprint density at radius 2 is 2.08 bits per heavy atom. The van der Waals surface area contributed by atoms with Crippen molar-refractivity contribution in [1.82, 2.24) is 25.3 Å². The predicted molar refractivity (Wildman–Crippen MR) is 93.0 cm³/mol. The highest BCUT2D eigenvalue weighted by Gasteiger charge is 2.24. The fourth-order valence-corrected chi connectivity index (χ4v) is 2.83. The minimum atomic E-state index is -0.403. The summed E-state index contributed by atoms with van der Waals surface area (Å²) in [4.78, 5) is 42.2. The van der Waals surface area contributed by atoms with Crippen LogP contribution in [0.25, 0.3) is 0 Å². The molecule has 0 spiro atoms. The van der Waals surface area contributed by atoms with Gasteiger partial charge in [-0.05, 0) is 19.1 Å². The monoisotopic (exact) mass is 359 g/mol. The Hall–Kier alpha value is -2.94. The van der Waals surface area contributed by atoms with Crippen molar-refractivity contribution in [2.75, 3.05) is 39.3 Å². The van der Waals surface area contributed by atoms with E-state index < -0.39 is 5.56 Å². The molecule has 1 aliphatic rings. The average Bonchev–Trinajstić information content (AvgIpc) is 3.08. The van der Waals surface area contributed by atoms with E-state index in [9.17, 15) is 14.4 Å². The average molecular weight is 359 g/mol.